The second-order valence-corrected chi connectivity index (χ2v) is 3.84. The largest absolute Gasteiger partial charge is 0.478 e. The molecule has 0 aliphatic heterocycles. The molecule has 0 fully saturated rings. The van der Waals surface area contributed by atoms with Gasteiger partial charge >= 0.3 is 5.97 Å². The van der Waals surface area contributed by atoms with Crippen molar-refractivity contribution in [1.82, 2.24) is 15.0 Å². The van der Waals surface area contributed by atoms with Crippen molar-refractivity contribution < 1.29 is 9.90 Å². The van der Waals surface area contributed by atoms with Gasteiger partial charge in [0.05, 0.1) is 16.8 Å². The molecular weight excluding hydrogens is 230 g/mol. The van der Waals surface area contributed by atoms with Crippen LogP contribution in [0.4, 0.5) is 0 Å². The average Bonchev–Trinajstić information content (AvgIpc) is 2.82. The quantitative estimate of drug-likeness (QED) is 0.743. The van der Waals surface area contributed by atoms with Crippen LogP contribution < -0.4 is 0 Å². The first-order chi connectivity index (χ1) is 8.75. The van der Waals surface area contributed by atoms with E-state index >= 15 is 0 Å². The van der Waals surface area contributed by atoms with Gasteiger partial charge in [-0.3, -0.25) is 0 Å². The highest BCUT2D eigenvalue weighted by Gasteiger charge is 2.07. The number of aromatic carboxylic acids is 1. The molecule has 0 saturated carbocycles. The molecule has 0 atom stereocenters. The molecule has 1 heterocycles. The fraction of sp³-hybridized carbons (Fsp3) is 0. The van der Waals surface area contributed by atoms with Gasteiger partial charge in [0, 0.05) is 0 Å². The molecule has 5 heteroatoms. The standard InChI is InChI=1S/C13H9N3O2/c17-13(18)9-5-7-10(8-6-9)16-12-4-2-1-3-11(12)14-15-16/h1-8H,(H,17,18). The number of rotatable bonds is 2. The Bertz CT molecular complexity index is 716. The van der Waals surface area contributed by atoms with Crippen LogP contribution in [-0.4, -0.2) is 26.1 Å². The Morgan fingerprint density at radius 2 is 1.78 bits per heavy atom. The Labute approximate surface area is 102 Å². The zero-order valence-electron chi connectivity index (χ0n) is 9.32. The number of hydrogen-bond acceptors (Lipinski definition) is 3. The van der Waals surface area contributed by atoms with E-state index in [9.17, 15) is 4.79 Å². The predicted octanol–water partition coefficient (Wildman–Crippen LogP) is 2.12. The lowest BCUT2D eigenvalue weighted by atomic mass is 10.2. The summed E-state index contributed by atoms with van der Waals surface area (Å²) in [5, 5.41) is 17.0. The van der Waals surface area contributed by atoms with E-state index in [4.69, 9.17) is 5.11 Å². The van der Waals surface area contributed by atoms with Crippen molar-refractivity contribution in [1.29, 1.82) is 0 Å². The number of benzene rings is 2. The number of aromatic nitrogens is 3. The van der Waals surface area contributed by atoms with Gasteiger partial charge in [0.25, 0.3) is 0 Å². The van der Waals surface area contributed by atoms with Gasteiger partial charge in [-0.15, -0.1) is 5.10 Å². The van der Waals surface area contributed by atoms with Crippen molar-refractivity contribution in [2.75, 3.05) is 0 Å². The molecule has 5 nitrogen and oxygen atoms in total. The number of hydrogen-bond donors (Lipinski definition) is 1. The van der Waals surface area contributed by atoms with Crippen LogP contribution in [0.15, 0.2) is 48.5 Å². The fourth-order valence-corrected chi connectivity index (χ4v) is 1.80. The molecule has 18 heavy (non-hydrogen) atoms. The number of fused-ring (bicyclic) bond motifs is 1. The van der Waals surface area contributed by atoms with E-state index in [1.807, 2.05) is 24.3 Å². The molecule has 0 radical (unpaired) electrons. The highest BCUT2D eigenvalue weighted by molar-refractivity contribution is 5.87. The Hall–Kier alpha value is -2.69. The van der Waals surface area contributed by atoms with Crippen LogP contribution in [0.25, 0.3) is 16.7 Å². The van der Waals surface area contributed by atoms with Gasteiger partial charge in [-0.05, 0) is 36.4 Å². The average molecular weight is 239 g/mol. The van der Waals surface area contributed by atoms with E-state index in [1.165, 1.54) is 0 Å². The SMILES string of the molecule is O=C(O)c1ccc(-n2nnc3ccccc32)cc1. The normalized spacial score (nSPS) is 10.7. The van der Waals surface area contributed by atoms with Gasteiger partial charge in [-0.1, -0.05) is 17.3 Å². The molecule has 0 spiro atoms. The number of carbonyl (C=O) groups is 1. The van der Waals surface area contributed by atoms with E-state index in [0.29, 0.717) is 0 Å². The Morgan fingerprint density at radius 3 is 2.50 bits per heavy atom. The third-order valence-electron chi connectivity index (χ3n) is 2.71. The smallest absolute Gasteiger partial charge is 0.335 e. The fourth-order valence-electron chi connectivity index (χ4n) is 1.80. The van der Waals surface area contributed by atoms with Crippen LogP contribution in [0.2, 0.25) is 0 Å². The summed E-state index contributed by atoms with van der Waals surface area (Å²) in [4.78, 5) is 10.8. The van der Waals surface area contributed by atoms with Gasteiger partial charge in [0.15, 0.2) is 0 Å². The monoisotopic (exact) mass is 239 g/mol. The lowest BCUT2D eigenvalue weighted by Gasteiger charge is -2.02. The van der Waals surface area contributed by atoms with Crippen LogP contribution in [-0.2, 0) is 0 Å². The summed E-state index contributed by atoms with van der Waals surface area (Å²) < 4.78 is 1.68. The van der Waals surface area contributed by atoms with Crippen LogP contribution in [0.1, 0.15) is 10.4 Å². The number of nitrogens with zero attached hydrogens (tertiary/aromatic N) is 3. The third-order valence-corrected chi connectivity index (χ3v) is 2.71. The molecular formula is C13H9N3O2. The first kappa shape index (κ1) is 10.5. The summed E-state index contributed by atoms with van der Waals surface area (Å²) in [6.07, 6.45) is 0. The minimum absolute atomic E-state index is 0.253. The maximum atomic E-state index is 10.8. The molecule has 1 N–H and O–H groups in total. The molecule has 0 unspecified atom stereocenters. The maximum Gasteiger partial charge on any atom is 0.335 e. The number of carboxylic acids is 1. The van der Waals surface area contributed by atoms with Gasteiger partial charge in [-0.2, -0.15) is 0 Å². The van der Waals surface area contributed by atoms with Crippen LogP contribution >= 0.6 is 0 Å². The van der Waals surface area contributed by atoms with Crippen molar-refractivity contribution >= 4 is 17.0 Å². The number of para-hydroxylation sites is 1. The van der Waals surface area contributed by atoms with Gasteiger partial charge < -0.3 is 5.11 Å². The molecule has 3 rings (SSSR count). The zero-order valence-corrected chi connectivity index (χ0v) is 9.32. The highest BCUT2D eigenvalue weighted by Crippen LogP contribution is 2.16. The van der Waals surface area contributed by atoms with Crippen LogP contribution in [0.3, 0.4) is 0 Å². The summed E-state index contributed by atoms with van der Waals surface area (Å²) in [7, 11) is 0. The van der Waals surface area contributed by atoms with E-state index in [2.05, 4.69) is 10.3 Å². The topological polar surface area (TPSA) is 68.0 Å². The van der Waals surface area contributed by atoms with Crippen LogP contribution in [0, 0.1) is 0 Å². The van der Waals surface area contributed by atoms with Crippen molar-refractivity contribution in [3.8, 4) is 5.69 Å². The lowest BCUT2D eigenvalue weighted by molar-refractivity contribution is 0.0697. The molecule has 0 bridgehead atoms. The van der Waals surface area contributed by atoms with Gasteiger partial charge in [0.2, 0.25) is 0 Å². The summed E-state index contributed by atoms with van der Waals surface area (Å²) >= 11 is 0. The molecule has 0 aliphatic rings. The van der Waals surface area contributed by atoms with Gasteiger partial charge in [0.1, 0.15) is 5.52 Å². The first-order valence-corrected chi connectivity index (χ1v) is 5.40. The van der Waals surface area contributed by atoms with E-state index in [1.54, 1.807) is 28.9 Å². The molecule has 1 aromatic heterocycles. The molecule has 0 saturated heterocycles. The van der Waals surface area contributed by atoms with E-state index in [0.717, 1.165) is 16.7 Å². The van der Waals surface area contributed by atoms with Crippen LogP contribution in [0.5, 0.6) is 0 Å². The van der Waals surface area contributed by atoms with Crippen molar-refractivity contribution in [3.05, 3.63) is 54.1 Å². The Morgan fingerprint density at radius 1 is 1.06 bits per heavy atom. The second-order valence-electron chi connectivity index (χ2n) is 3.84. The summed E-state index contributed by atoms with van der Waals surface area (Å²) in [5.74, 6) is -0.940. The molecule has 0 amide bonds. The summed E-state index contributed by atoms with van der Waals surface area (Å²) in [6.45, 7) is 0. The highest BCUT2D eigenvalue weighted by atomic mass is 16.4. The lowest BCUT2D eigenvalue weighted by Crippen LogP contribution is -1.99. The second kappa shape index (κ2) is 3.96. The minimum Gasteiger partial charge on any atom is -0.478 e. The third kappa shape index (κ3) is 1.62. The van der Waals surface area contributed by atoms with Crippen molar-refractivity contribution in [2.24, 2.45) is 0 Å². The van der Waals surface area contributed by atoms with Crippen molar-refractivity contribution in [2.45, 2.75) is 0 Å². The Balaban J connectivity index is 2.12. The molecule has 88 valence electrons. The molecule has 0 aliphatic carbocycles. The zero-order chi connectivity index (χ0) is 12.5. The van der Waals surface area contributed by atoms with Crippen molar-refractivity contribution in [3.63, 3.8) is 0 Å². The van der Waals surface area contributed by atoms with Gasteiger partial charge in [-0.25, -0.2) is 9.48 Å². The first-order valence-electron chi connectivity index (χ1n) is 5.40. The summed E-state index contributed by atoms with van der Waals surface area (Å²) in [5.41, 5.74) is 2.73. The molecule has 2 aromatic carbocycles. The van der Waals surface area contributed by atoms with E-state index < -0.39 is 5.97 Å². The molecule has 3 aromatic rings. The minimum atomic E-state index is -0.940. The van der Waals surface area contributed by atoms with E-state index in [-0.39, 0.29) is 5.56 Å². The maximum absolute atomic E-state index is 10.8. The summed E-state index contributed by atoms with van der Waals surface area (Å²) in [6, 6.07) is 14.1. The Kier molecular flexibility index (Phi) is 2.30. The number of carboxylic acid groups (broad SMARTS) is 1. The predicted molar refractivity (Wildman–Crippen MR) is 65.8 cm³/mol.